The lowest BCUT2D eigenvalue weighted by Crippen LogP contribution is -2.43. The second-order valence-electron chi connectivity index (χ2n) is 6.56. The van der Waals surface area contributed by atoms with E-state index in [4.69, 9.17) is 10.00 Å². The number of hydrogen-bond donors (Lipinski definition) is 1. The number of carbonyl (C=O) groups excluding carboxylic acids is 2. The lowest BCUT2D eigenvalue weighted by Gasteiger charge is -2.19. The van der Waals surface area contributed by atoms with Crippen molar-refractivity contribution in [3.8, 4) is 22.9 Å². The first-order valence-corrected chi connectivity index (χ1v) is 8.78. The molecule has 1 aliphatic rings. The van der Waals surface area contributed by atoms with Gasteiger partial charge in [0.05, 0.1) is 31.8 Å². The number of rotatable bonds is 5. The summed E-state index contributed by atoms with van der Waals surface area (Å²) >= 11 is 0. The van der Waals surface area contributed by atoms with E-state index in [0.717, 1.165) is 10.5 Å². The summed E-state index contributed by atoms with van der Waals surface area (Å²) in [6.07, 6.45) is 2.26. The van der Waals surface area contributed by atoms with Gasteiger partial charge in [0.25, 0.3) is 11.8 Å². The average molecular weight is 400 g/mol. The molecule has 0 radical (unpaired) electrons. The number of ether oxygens (including phenoxy) is 1. The number of halogens is 2. The summed E-state index contributed by atoms with van der Waals surface area (Å²) in [7, 11) is 1.54. The minimum Gasteiger partial charge on any atom is -0.497 e. The third-order valence-electron chi connectivity index (χ3n) is 4.61. The molecule has 150 valence electrons. The molecule has 0 aliphatic carbocycles. The van der Waals surface area contributed by atoms with E-state index in [-0.39, 0.29) is 5.56 Å². The van der Waals surface area contributed by atoms with Crippen LogP contribution in [0.3, 0.4) is 0 Å². The number of hydrogen-bond acceptors (Lipinski definition) is 5. The monoisotopic (exact) mass is 400 g/mol. The molecule has 2 aromatic rings. The predicted molar refractivity (Wildman–Crippen MR) is 99.2 cm³/mol. The quantitative estimate of drug-likeness (QED) is 0.831. The van der Waals surface area contributed by atoms with E-state index in [1.54, 1.807) is 37.4 Å². The molecule has 0 saturated carbocycles. The van der Waals surface area contributed by atoms with Gasteiger partial charge in [-0.05, 0) is 23.8 Å². The third kappa shape index (κ3) is 4.48. The Kier molecular flexibility index (Phi) is 5.73. The number of nitrogens with one attached hydrogen (secondary N) is 1. The van der Waals surface area contributed by atoms with Crippen LogP contribution in [0.4, 0.5) is 8.78 Å². The van der Waals surface area contributed by atoms with Crippen LogP contribution in [-0.2, 0) is 4.79 Å². The summed E-state index contributed by atoms with van der Waals surface area (Å²) in [5.74, 6) is -3.73. The number of methoxy groups -OCH3 is 1. The zero-order valence-electron chi connectivity index (χ0n) is 15.6. The minimum absolute atomic E-state index is 0.279. The molecule has 1 aromatic heterocycles. The van der Waals surface area contributed by atoms with Crippen LogP contribution in [0.5, 0.6) is 5.75 Å². The van der Waals surface area contributed by atoms with Gasteiger partial charge in [0, 0.05) is 24.4 Å². The first-order chi connectivity index (χ1) is 13.8. The van der Waals surface area contributed by atoms with Gasteiger partial charge in [0.1, 0.15) is 11.8 Å². The fraction of sp³-hybridized carbons (Fsp3) is 0.300. The SMILES string of the molecule is COc1ccc(-c2cnccc2C(=O)NCC(=O)N2CC(F)(F)CC2C#N)cc1. The molecule has 1 fully saturated rings. The van der Waals surface area contributed by atoms with Crippen LogP contribution >= 0.6 is 0 Å². The summed E-state index contributed by atoms with van der Waals surface area (Å²) in [5.41, 5.74) is 1.54. The summed E-state index contributed by atoms with van der Waals surface area (Å²) in [5, 5.41) is 11.4. The molecular weight excluding hydrogens is 382 g/mol. The van der Waals surface area contributed by atoms with E-state index in [9.17, 15) is 18.4 Å². The Hall–Kier alpha value is -3.54. The third-order valence-corrected chi connectivity index (χ3v) is 4.61. The summed E-state index contributed by atoms with van der Waals surface area (Å²) in [4.78, 5) is 29.7. The highest BCUT2D eigenvalue weighted by Crippen LogP contribution is 2.31. The van der Waals surface area contributed by atoms with Gasteiger partial charge in [0.2, 0.25) is 5.91 Å². The normalized spacial score (nSPS) is 17.4. The van der Waals surface area contributed by atoms with Crippen molar-refractivity contribution in [3.05, 3.63) is 48.3 Å². The Morgan fingerprint density at radius 2 is 2.07 bits per heavy atom. The zero-order chi connectivity index (χ0) is 21.0. The summed E-state index contributed by atoms with van der Waals surface area (Å²) in [6, 6.07) is 9.01. The molecule has 29 heavy (non-hydrogen) atoms. The van der Waals surface area contributed by atoms with Crippen molar-refractivity contribution in [3.63, 3.8) is 0 Å². The van der Waals surface area contributed by atoms with Gasteiger partial charge in [-0.2, -0.15) is 5.26 Å². The number of aromatic nitrogens is 1. The molecule has 2 amide bonds. The molecule has 1 unspecified atom stereocenters. The molecule has 1 aliphatic heterocycles. The fourth-order valence-electron chi connectivity index (χ4n) is 3.14. The Labute approximate surface area is 165 Å². The first kappa shape index (κ1) is 20.2. The van der Waals surface area contributed by atoms with Crippen molar-refractivity contribution in [2.45, 2.75) is 18.4 Å². The van der Waals surface area contributed by atoms with Crippen molar-refractivity contribution in [1.29, 1.82) is 5.26 Å². The molecule has 1 N–H and O–H groups in total. The van der Waals surface area contributed by atoms with E-state index in [0.29, 0.717) is 11.3 Å². The van der Waals surface area contributed by atoms with E-state index < -0.39 is 43.3 Å². The van der Waals surface area contributed by atoms with Crippen molar-refractivity contribution < 1.29 is 23.1 Å². The highest BCUT2D eigenvalue weighted by molar-refractivity contribution is 6.02. The van der Waals surface area contributed by atoms with Crippen molar-refractivity contribution in [1.82, 2.24) is 15.2 Å². The lowest BCUT2D eigenvalue weighted by atomic mass is 10.0. The molecule has 1 atom stereocenters. The van der Waals surface area contributed by atoms with Crippen LogP contribution in [0.2, 0.25) is 0 Å². The van der Waals surface area contributed by atoms with Gasteiger partial charge >= 0.3 is 0 Å². The minimum atomic E-state index is -3.10. The Morgan fingerprint density at radius 1 is 1.34 bits per heavy atom. The number of carbonyl (C=O) groups is 2. The Balaban J connectivity index is 1.72. The largest absolute Gasteiger partial charge is 0.497 e. The number of alkyl halides is 2. The smallest absolute Gasteiger partial charge is 0.268 e. The number of benzene rings is 1. The second-order valence-corrected chi connectivity index (χ2v) is 6.56. The van der Waals surface area contributed by atoms with Crippen LogP contribution in [0.25, 0.3) is 11.1 Å². The first-order valence-electron chi connectivity index (χ1n) is 8.78. The molecule has 0 bridgehead atoms. The predicted octanol–water partition coefficient (Wildman–Crippen LogP) is 2.25. The maximum atomic E-state index is 13.5. The van der Waals surface area contributed by atoms with Gasteiger partial charge < -0.3 is 15.0 Å². The molecule has 2 heterocycles. The van der Waals surface area contributed by atoms with Crippen molar-refractivity contribution in [2.24, 2.45) is 0 Å². The number of amides is 2. The van der Waals surface area contributed by atoms with Crippen LogP contribution < -0.4 is 10.1 Å². The average Bonchev–Trinajstić information content (AvgIpc) is 3.06. The molecule has 7 nitrogen and oxygen atoms in total. The van der Waals surface area contributed by atoms with E-state index >= 15 is 0 Å². The second kappa shape index (κ2) is 8.22. The zero-order valence-corrected chi connectivity index (χ0v) is 15.6. The molecule has 0 spiro atoms. The van der Waals surface area contributed by atoms with Crippen LogP contribution in [0.1, 0.15) is 16.8 Å². The Bertz CT molecular complexity index is 957. The van der Waals surface area contributed by atoms with Crippen LogP contribution in [0.15, 0.2) is 42.7 Å². The van der Waals surface area contributed by atoms with Gasteiger partial charge in [0.15, 0.2) is 0 Å². The van der Waals surface area contributed by atoms with E-state index in [1.165, 1.54) is 18.5 Å². The molecule has 3 rings (SSSR count). The number of likely N-dealkylation sites (tertiary alicyclic amines) is 1. The molecule has 9 heteroatoms. The van der Waals surface area contributed by atoms with Gasteiger partial charge in [-0.25, -0.2) is 8.78 Å². The fourth-order valence-corrected chi connectivity index (χ4v) is 3.14. The number of nitriles is 1. The highest BCUT2D eigenvalue weighted by atomic mass is 19.3. The van der Waals surface area contributed by atoms with Crippen LogP contribution in [-0.4, -0.2) is 53.9 Å². The topological polar surface area (TPSA) is 95.3 Å². The maximum absolute atomic E-state index is 13.5. The Morgan fingerprint density at radius 3 is 2.72 bits per heavy atom. The maximum Gasteiger partial charge on any atom is 0.268 e. The van der Waals surface area contributed by atoms with Gasteiger partial charge in [-0.1, -0.05) is 12.1 Å². The standard InChI is InChI=1S/C20H18F2N4O3/c1-29-15-4-2-13(3-5-15)17-10-24-7-6-16(17)19(28)25-11-18(27)26-12-20(21,22)8-14(26)9-23/h2-7,10,14H,8,11-12H2,1H3,(H,25,28). The lowest BCUT2D eigenvalue weighted by molar-refractivity contribution is -0.131. The van der Waals surface area contributed by atoms with Crippen LogP contribution in [0, 0.1) is 11.3 Å². The summed E-state index contributed by atoms with van der Waals surface area (Å²) < 4.78 is 32.1. The van der Waals surface area contributed by atoms with Gasteiger partial charge in [-0.15, -0.1) is 0 Å². The molecule has 1 saturated heterocycles. The number of nitrogens with zero attached hydrogens (tertiary/aromatic N) is 3. The van der Waals surface area contributed by atoms with Crippen molar-refractivity contribution >= 4 is 11.8 Å². The van der Waals surface area contributed by atoms with Gasteiger partial charge in [-0.3, -0.25) is 14.6 Å². The molecule has 1 aromatic carbocycles. The van der Waals surface area contributed by atoms with E-state index in [2.05, 4.69) is 10.3 Å². The number of pyridine rings is 1. The molecular formula is C20H18F2N4O3. The highest BCUT2D eigenvalue weighted by Gasteiger charge is 2.47. The van der Waals surface area contributed by atoms with E-state index in [1.807, 2.05) is 0 Å². The van der Waals surface area contributed by atoms with Crippen molar-refractivity contribution in [2.75, 3.05) is 20.2 Å². The summed E-state index contributed by atoms with van der Waals surface area (Å²) in [6.45, 7) is -1.32.